The average Bonchev–Trinajstić information content (AvgIpc) is 1.69. The summed E-state index contributed by atoms with van der Waals surface area (Å²) in [6.07, 6.45) is 0. The second-order valence-electron chi connectivity index (χ2n) is 1.30. The van der Waals surface area contributed by atoms with Gasteiger partial charge in [-0.3, -0.25) is 0 Å². The quantitative estimate of drug-likeness (QED) is 0.612. The fraction of sp³-hybridized carbons (Fsp3) is 0. The Morgan fingerprint density at radius 3 is 1.75 bits per heavy atom. The molecule has 1 aromatic carbocycles. The molecular formula is C6H6ClI. The lowest BCUT2D eigenvalue weighted by molar-refractivity contribution is 1.71. The number of hydrogen-bond acceptors (Lipinski definition) is 0. The van der Waals surface area contributed by atoms with Crippen LogP contribution in [0.15, 0.2) is 30.3 Å². The lowest BCUT2D eigenvalue weighted by Crippen LogP contribution is -1.55. The Morgan fingerprint density at radius 2 is 1.50 bits per heavy atom. The van der Waals surface area contributed by atoms with Gasteiger partial charge in [-0.2, -0.15) is 0 Å². The monoisotopic (exact) mass is 240 g/mol. The van der Waals surface area contributed by atoms with Gasteiger partial charge >= 0.3 is 0 Å². The fourth-order valence-corrected chi connectivity index (χ4v) is 0.560. The van der Waals surface area contributed by atoms with Crippen molar-refractivity contribution in [3.63, 3.8) is 0 Å². The molecular weight excluding hydrogens is 234 g/mol. The second kappa shape index (κ2) is 4.15. The van der Waals surface area contributed by atoms with Crippen LogP contribution in [0.2, 0.25) is 5.02 Å². The van der Waals surface area contributed by atoms with Gasteiger partial charge in [-0.05, 0) is 12.1 Å². The van der Waals surface area contributed by atoms with Crippen LogP contribution in [-0.2, 0) is 0 Å². The molecule has 0 radical (unpaired) electrons. The van der Waals surface area contributed by atoms with Gasteiger partial charge in [0.25, 0.3) is 0 Å². The summed E-state index contributed by atoms with van der Waals surface area (Å²) < 4.78 is 0. The van der Waals surface area contributed by atoms with E-state index in [1.807, 2.05) is 30.3 Å². The van der Waals surface area contributed by atoms with Crippen LogP contribution in [0, 0.1) is 0 Å². The molecule has 8 heavy (non-hydrogen) atoms. The molecule has 44 valence electrons. The van der Waals surface area contributed by atoms with Gasteiger partial charge in [0.15, 0.2) is 0 Å². The molecule has 0 aliphatic carbocycles. The molecule has 0 amide bonds. The number of hydrogen-bond donors (Lipinski definition) is 0. The maximum absolute atomic E-state index is 5.54. The van der Waals surface area contributed by atoms with Crippen molar-refractivity contribution in [3.05, 3.63) is 35.4 Å². The molecule has 0 fully saturated rings. The highest BCUT2D eigenvalue weighted by atomic mass is 127. The van der Waals surface area contributed by atoms with Crippen molar-refractivity contribution in [1.29, 1.82) is 0 Å². The molecule has 0 bridgehead atoms. The van der Waals surface area contributed by atoms with Crippen LogP contribution < -0.4 is 0 Å². The highest BCUT2D eigenvalue weighted by molar-refractivity contribution is 14.0. The van der Waals surface area contributed by atoms with E-state index in [9.17, 15) is 0 Å². The number of halogens is 2. The Labute approximate surface area is 70.9 Å². The third-order valence-electron chi connectivity index (χ3n) is 0.733. The lowest BCUT2D eigenvalue weighted by Gasteiger charge is -1.80. The molecule has 0 unspecified atom stereocenters. The molecule has 1 aromatic rings. The van der Waals surface area contributed by atoms with Crippen molar-refractivity contribution in [2.45, 2.75) is 0 Å². The predicted octanol–water partition coefficient (Wildman–Crippen LogP) is 2.96. The smallest absolute Gasteiger partial charge is 0.0405 e. The first-order valence-electron chi connectivity index (χ1n) is 2.10. The van der Waals surface area contributed by atoms with E-state index in [4.69, 9.17) is 11.6 Å². The zero-order valence-electron chi connectivity index (χ0n) is 4.17. The van der Waals surface area contributed by atoms with Crippen LogP contribution in [0.1, 0.15) is 0 Å². The first-order valence-corrected chi connectivity index (χ1v) is 2.48. The first kappa shape index (κ1) is 8.24. The molecule has 0 saturated heterocycles. The Morgan fingerprint density at radius 1 is 1.00 bits per heavy atom. The highest BCUT2D eigenvalue weighted by Crippen LogP contribution is 2.03. The Kier molecular flexibility index (Phi) is 4.28. The van der Waals surface area contributed by atoms with E-state index in [2.05, 4.69) is 0 Å². The Balaban J connectivity index is 0.000000490. The van der Waals surface area contributed by atoms with E-state index >= 15 is 0 Å². The van der Waals surface area contributed by atoms with Gasteiger partial charge in [0.05, 0.1) is 0 Å². The van der Waals surface area contributed by atoms with Crippen LogP contribution in [0.25, 0.3) is 0 Å². The summed E-state index contributed by atoms with van der Waals surface area (Å²) >= 11 is 5.54. The molecule has 0 aliphatic heterocycles. The zero-order valence-corrected chi connectivity index (χ0v) is 7.26. The normalized spacial score (nSPS) is 7.62. The largest absolute Gasteiger partial charge is 0.107 e. The molecule has 0 saturated carbocycles. The van der Waals surface area contributed by atoms with Crippen molar-refractivity contribution in [1.82, 2.24) is 0 Å². The Hall–Kier alpha value is 0.240. The van der Waals surface area contributed by atoms with Gasteiger partial charge in [-0.15, -0.1) is 24.0 Å². The van der Waals surface area contributed by atoms with E-state index in [0.717, 1.165) is 5.02 Å². The molecule has 1 rings (SSSR count). The second-order valence-corrected chi connectivity index (χ2v) is 1.73. The lowest BCUT2D eigenvalue weighted by atomic mass is 10.4. The molecule has 0 aromatic heterocycles. The SMILES string of the molecule is Clc1ccccc1.I. The van der Waals surface area contributed by atoms with E-state index in [-0.39, 0.29) is 24.0 Å². The van der Waals surface area contributed by atoms with E-state index in [1.54, 1.807) is 0 Å². The summed E-state index contributed by atoms with van der Waals surface area (Å²) in [5, 5.41) is 0.794. The van der Waals surface area contributed by atoms with E-state index in [0.29, 0.717) is 0 Å². The molecule has 0 nitrogen and oxygen atoms in total. The minimum Gasteiger partial charge on any atom is -0.107 e. The topological polar surface area (TPSA) is 0 Å². The van der Waals surface area contributed by atoms with E-state index in [1.165, 1.54) is 0 Å². The summed E-state index contributed by atoms with van der Waals surface area (Å²) in [6, 6.07) is 9.44. The highest BCUT2D eigenvalue weighted by Gasteiger charge is 1.74. The molecule has 0 heterocycles. The van der Waals surface area contributed by atoms with Gasteiger partial charge in [0.2, 0.25) is 0 Å². The van der Waals surface area contributed by atoms with Crippen LogP contribution in [-0.4, -0.2) is 0 Å². The van der Waals surface area contributed by atoms with Crippen molar-refractivity contribution < 1.29 is 0 Å². The average molecular weight is 240 g/mol. The first-order chi connectivity index (χ1) is 3.39. The van der Waals surface area contributed by atoms with Crippen molar-refractivity contribution in [2.24, 2.45) is 0 Å². The Bertz CT molecular complexity index is 138. The van der Waals surface area contributed by atoms with Crippen LogP contribution in [0.5, 0.6) is 0 Å². The van der Waals surface area contributed by atoms with Crippen LogP contribution in [0.4, 0.5) is 0 Å². The van der Waals surface area contributed by atoms with Crippen molar-refractivity contribution in [2.75, 3.05) is 0 Å². The van der Waals surface area contributed by atoms with Gasteiger partial charge in [-0.1, -0.05) is 29.8 Å². The minimum absolute atomic E-state index is 0. The molecule has 0 spiro atoms. The third kappa shape index (κ3) is 2.52. The third-order valence-corrected chi connectivity index (χ3v) is 0.985. The molecule has 0 N–H and O–H groups in total. The van der Waals surface area contributed by atoms with Gasteiger partial charge in [-0.25, -0.2) is 0 Å². The van der Waals surface area contributed by atoms with Gasteiger partial charge in [0.1, 0.15) is 0 Å². The number of rotatable bonds is 0. The predicted molar refractivity (Wildman–Crippen MR) is 46.9 cm³/mol. The van der Waals surface area contributed by atoms with Gasteiger partial charge < -0.3 is 0 Å². The van der Waals surface area contributed by atoms with Crippen LogP contribution >= 0.6 is 35.6 Å². The summed E-state index contributed by atoms with van der Waals surface area (Å²) in [5.41, 5.74) is 0. The maximum Gasteiger partial charge on any atom is 0.0405 e. The fourth-order valence-electron chi connectivity index (χ4n) is 0.415. The van der Waals surface area contributed by atoms with Gasteiger partial charge in [0, 0.05) is 5.02 Å². The summed E-state index contributed by atoms with van der Waals surface area (Å²) in [5.74, 6) is 0. The van der Waals surface area contributed by atoms with E-state index < -0.39 is 0 Å². The van der Waals surface area contributed by atoms with Crippen molar-refractivity contribution in [3.8, 4) is 0 Å². The molecule has 2 heteroatoms. The summed E-state index contributed by atoms with van der Waals surface area (Å²) in [7, 11) is 0. The summed E-state index contributed by atoms with van der Waals surface area (Å²) in [4.78, 5) is 0. The zero-order chi connectivity index (χ0) is 5.11. The molecule has 0 atom stereocenters. The minimum atomic E-state index is 0. The standard InChI is InChI=1S/C6H5Cl.HI/c7-6-4-2-1-3-5-6;/h1-5H;1H. The number of benzene rings is 1. The van der Waals surface area contributed by atoms with Crippen LogP contribution in [0.3, 0.4) is 0 Å². The van der Waals surface area contributed by atoms with Crippen molar-refractivity contribution >= 4 is 35.6 Å². The molecule has 0 aliphatic rings. The summed E-state index contributed by atoms with van der Waals surface area (Å²) in [6.45, 7) is 0. The maximum atomic E-state index is 5.54.